The van der Waals surface area contributed by atoms with E-state index in [2.05, 4.69) is 4.98 Å². The molecule has 3 aromatic rings. The molecule has 0 atom stereocenters. The van der Waals surface area contributed by atoms with Gasteiger partial charge in [0.15, 0.2) is 23.9 Å². The van der Waals surface area contributed by atoms with Crippen molar-refractivity contribution in [3.8, 4) is 22.8 Å². The van der Waals surface area contributed by atoms with E-state index in [-0.39, 0.29) is 12.4 Å². The first-order valence-corrected chi connectivity index (χ1v) is 7.31. The van der Waals surface area contributed by atoms with Crippen molar-refractivity contribution in [2.24, 2.45) is 0 Å². The van der Waals surface area contributed by atoms with Gasteiger partial charge in [-0.1, -0.05) is 12.1 Å². The molecule has 0 N–H and O–H groups in total. The topological polar surface area (TPSA) is 44.5 Å². The molecule has 4 nitrogen and oxygen atoms in total. The molecule has 118 valence electrons. The van der Waals surface area contributed by atoms with Gasteiger partial charge in [-0.3, -0.25) is 0 Å². The van der Waals surface area contributed by atoms with Crippen LogP contribution in [0.25, 0.3) is 11.3 Å². The summed E-state index contributed by atoms with van der Waals surface area (Å²) in [5.74, 6) is 2.04. The van der Waals surface area contributed by atoms with Crippen LogP contribution in [0.1, 0.15) is 12.8 Å². The lowest BCUT2D eigenvalue weighted by Crippen LogP contribution is -1.99. The van der Waals surface area contributed by atoms with Crippen LogP contribution in [0.3, 0.4) is 0 Å². The Bertz CT molecular complexity index is 768. The second-order valence-electron chi connectivity index (χ2n) is 4.79. The zero-order valence-corrected chi connectivity index (χ0v) is 12.7. The molecular formula is C18H16FNO3. The van der Waals surface area contributed by atoms with Crippen molar-refractivity contribution >= 4 is 0 Å². The number of benzene rings is 2. The number of para-hydroxylation sites is 2. The van der Waals surface area contributed by atoms with Gasteiger partial charge < -0.3 is 13.9 Å². The molecule has 0 fully saturated rings. The Balaban J connectivity index is 1.69. The number of hydrogen-bond acceptors (Lipinski definition) is 4. The fourth-order valence-corrected chi connectivity index (χ4v) is 2.11. The average molecular weight is 313 g/mol. The van der Waals surface area contributed by atoms with E-state index in [0.29, 0.717) is 29.8 Å². The van der Waals surface area contributed by atoms with Crippen LogP contribution in [0.4, 0.5) is 4.39 Å². The van der Waals surface area contributed by atoms with Crippen molar-refractivity contribution in [2.45, 2.75) is 13.5 Å². The standard InChI is InChI=1S/C18H16FNO3/c1-2-21-15-5-3-4-6-16(15)22-12-18-20-11-17(23-18)13-7-9-14(19)10-8-13/h3-11H,2,12H2,1H3. The van der Waals surface area contributed by atoms with Crippen molar-refractivity contribution in [3.63, 3.8) is 0 Å². The maximum atomic E-state index is 12.9. The molecule has 5 heteroatoms. The van der Waals surface area contributed by atoms with Crippen molar-refractivity contribution < 1.29 is 18.3 Å². The van der Waals surface area contributed by atoms with E-state index in [0.717, 1.165) is 5.56 Å². The van der Waals surface area contributed by atoms with Crippen LogP contribution < -0.4 is 9.47 Å². The first-order chi connectivity index (χ1) is 11.3. The van der Waals surface area contributed by atoms with Crippen LogP contribution in [0.15, 0.2) is 59.1 Å². The van der Waals surface area contributed by atoms with E-state index in [1.807, 2.05) is 31.2 Å². The van der Waals surface area contributed by atoms with Crippen molar-refractivity contribution in [1.82, 2.24) is 4.98 Å². The van der Waals surface area contributed by atoms with Gasteiger partial charge in [-0.05, 0) is 43.3 Å². The molecule has 2 aromatic carbocycles. The van der Waals surface area contributed by atoms with E-state index < -0.39 is 0 Å². The number of rotatable bonds is 6. The third kappa shape index (κ3) is 3.69. The molecule has 0 aliphatic rings. The molecule has 0 aliphatic carbocycles. The molecule has 0 saturated carbocycles. The van der Waals surface area contributed by atoms with Crippen LogP contribution in [-0.4, -0.2) is 11.6 Å². The monoisotopic (exact) mass is 313 g/mol. The van der Waals surface area contributed by atoms with Crippen LogP contribution in [0.2, 0.25) is 0 Å². The molecule has 23 heavy (non-hydrogen) atoms. The maximum Gasteiger partial charge on any atom is 0.232 e. The third-order valence-corrected chi connectivity index (χ3v) is 3.18. The summed E-state index contributed by atoms with van der Waals surface area (Å²) in [5.41, 5.74) is 0.764. The van der Waals surface area contributed by atoms with Gasteiger partial charge >= 0.3 is 0 Å². The van der Waals surface area contributed by atoms with Gasteiger partial charge in [0.1, 0.15) is 5.82 Å². The van der Waals surface area contributed by atoms with Crippen molar-refractivity contribution in [2.75, 3.05) is 6.61 Å². The van der Waals surface area contributed by atoms with E-state index in [1.165, 1.54) is 12.1 Å². The average Bonchev–Trinajstić information content (AvgIpc) is 3.04. The predicted molar refractivity (Wildman–Crippen MR) is 83.8 cm³/mol. The first-order valence-electron chi connectivity index (χ1n) is 7.31. The van der Waals surface area contributed by atoms with Crippen LogP contribution in [0, 0.1) is 5.82 Å². The molecule has 0 radical (unpaired) electrons. The number of ether oxygens (including phenoxy) is 2. The fourth-order valence-electron chi connectivity index (χ4n) is 2.11. The zero-order chi connectivity index (χ0) is 16.1. The number of hydrogen-bond donors (Lipinski definition) is 0. The molecular weight excluding hydrogens is 297 g/mol. The molecule has 1 aromatic heterocycles. The van der Waals surface area contributed by atoms with E-state index in [4.69, 9.17) is 13.9 Å². The van der Waals surface area contributed by atoms with Gasteiger partial charge in [0.25, 0.3) is 0 Å². The molecule has 1 heterocycles. The number of aromatic nitrogens is 1. The molecule has 0 spiro atoms. The maximum absolute atomic E-state index is 12.9. The molecule has 0 aliphatic heterocycles. The molecule has 0 saturated heterocycles. The van der Waals surface area contributed by atoms with E-state index in [9.17, 15) is 4.39 Å². The highest BCUT2D eigenvalue weighted by Crippen LogP contribution is 2.27. The van der Waals surface area contributed by atoms with Gasteiger partial charge in [0.05, 0.1) is 12.8 Å². The highest BCUT2D eigenvalue weighted by molar-refractivity contribution is 5.55. The Morgan fingerprint density at radius 1 is 1.00 bits per heavy atom. The Kier molecular flexibility index (Phi) is 4.57. The largest absolute Gasteiger partial charge is 0.490 e. The highest BCUT2D eigenvalue weighted by Gasteiger charge is 2.09. The van der Waals surface area contributed by atoms with Gasteiger partial charge in [-0.25, -0.2) is 9.37 Å². The summed E-state index contributed by atoms with van der Waals surface area (Å²) in [5, 5.41) is 0. The Morgan fingerprint density at radius 3 is 2.39 bits per heavy atom. The van der Waals surface area contributed by atoms with Crippen LogP contribution >= 0.6 is 0 Å². The minimum Gasteiger partial charge on any atom is -0.490 e. The predicted octanol–water partition coefficient (Wildman–Crippen LogP) is 4.46. The number of oxazole rings is 1. The van der Waals surface area contributed by atoms with Gasteiger partial charge in [-0.2, -0.15) is 0 Å². The lowest BCUT2D eigenvalue weighted by molar-refractivity contribution is 0.243. The lowest BCUT2D eigenvalue weighted by Gasteiger charge is -2.09. The van der Waals surface area contributed by atoms with Crippen molar-refractivity contribution in [3.05, 3.63) is 66.4 Å². The van der Waals surface area contributed by atoms with E-state index in [1.54, 1.807) is 18.3 Å². The Hall–Kier alpha value is -2.82. The summed E-state index contributed by atoms with van der Waals surface area (Å²) in [6, 6.07) is 13.5. The number of halogens is 1. The summed E-state index contributed by atoms with van der Waals surface area (Å²) in [6.45, 7) is 2.67. The van der Waals surface area contributed by atoms with Gasteiger partial charge in [0, 0.05) is 5.56 Å². The second-order valence-corrected chi connectivity index (χ2v) is 4.79. The lowest BCUT2D eigenvalue weighted by atomic mass is 10.2. The van der Waals surface area contributed by atoms with Gasteiger partial charge in [0.2, 0.25) is 5.89 Å². The van der Waals surface area contributed by atoms with Gasteiger partial charge in [-0.15, -0.1) is 0 Å². The smallest absolute Gasteiger partial charge is 0.232 e. The summed E-state index contributed by atoms with van der Waals surface area (Å²) in [7, 11) is 0. The SMILES string of the molecule is CCOc1ccccc1OCc1ncc(-c2ccc(F)cc2)o1. The summed E-state index contributed by atoms with van der Waals surface area (Å²) in [4.78, 5) is 4.18. The molecule has 3 rings (SSSR count). The molecule has 0 bridgehead atoms. The van der Waals surface area contributed by atoms with Crippen LogP contribution in [0.5, 0.6) is 11.5 Å². The minimum atomic E-state index is -0.288. The van der Waals surface area contributed by atoms with Crippen molar-refractivity contribution in [1.29, 1.82) is 0 Å². The van der Waals surface area contributed by atoms with Crippen LogP contribution in [-0.2, 0) is 6.61 Å². The zero-order valence-electron chi connectivity index (χ0n) is 12.7. The number of nitrogens with zero attached hydrogens (tertiary/aromatic N) is 1. The second kappa shape index (κ2) is 6.96. The van der Waals surface area contributed by atoms with E-state index >= 15 is 0 Å². The first kappa shape index (κ1) is 15.1. The highest BCUT2D eigenvalue weighted by atomic mass is 19.1. The summed E-state index contributed by atoms with van der Waals surface area (Å²) in [6.07, 6.45) is 1.60. The Morgan fingerprint density at radius 2 is 1.70 bits per heavy atom. The molecule has 0 amide bonds. The normalized spacial score (nSPS) is 10.5. The summed E-state index contributed by atoms with van der Waals surface area (Å²) < 4.78 is 29.8. The Labute approximate surface area is 133 Å². The minimum absolute atomic E-state index is 0.186. The third-order valence-electron chi connectivity index (χ3n) is 3.18. The molecule has 0 unspecified atom stereocenters. The fraction of sp³-hybridized carbons (Fsp3) is 0.167. The quantitative estimate of drug-likeness (QED) is 0.674. The summed E-state index contributed by atoms with van der Waals surface area (Å²) >= 11 is 0.